The molecule has 27 heavy (non-hydrogen) atoms. The summed E-state index contributed by atoms with van der Waals surface area (Å²) >= 11 is 1.59. The molecule has 1 aliphatic heterocycles. The van der Waals surface area contributed by atoms with E-state index in [1.54, 1.807) is 18.4 Å². The first-order valence-corrected chi connectivity index (χ1v) is 9.58. The van der Waals surface area contributed by atoms with Crippen LogP contribution < -0.4 is 10.1 Å². The average molecular weight is 378 g/mol. The molecule has 0 fully saturated rings. The molecule has 1 unspecified atom stereocenters. The quantitative estimate of drug-likeness (QED) is 0.873. The third-order valence-corrected chi connectivity index (χ3v) is 5.59. The number of carbonyl (C=O) groups excluding carboxylic acids is 1. The molecular formula is C21H18N2O3S. The van der Waals surface area contributed by atoms with E-state index in [1.807, 2.05) is 35.0 Å². The van der Waals surface area contributed by atoms with Crippen LogP contribution in [0.5, 0.6) is 5.75 Å². The van der Waals surface area contributed by atoms with Gasteiger partial charge in [-0.15, -0.1) is 0 Å². The van der Waals surface area contributed by atoms with Gasteiger partial charge in [-0.25, -0.2) is 0 Å². The van der Waals surface area contributed by atoms with Gasteiger partial charge in [0, 0.05) is 12.5 Å². The number of rotatable bonds is 3. The number of methoxy groups -OCH3 is 1. The molecule has 0 bridgehead atoms. The highest BCUT2D eigenvalue weighted by molar-refractivity contribution is 7.08. The lowest BCUT2D eigenvalue weighted by Gasteiger charge is -2.33. The summed E-state index contributed by atoms with van der Waals surface area (Å²) in [6.07, 6.45) is 1.67. The van der Waals surface area contributed by atoms with Crippen LogP contribution in [0.3, 0.4) is 0 Å². The third-order valence-electron chi connectivity index (χ3n) is 4.89. The van der Waals surface area contributed by atoms with E-state index >= 15 is 0 Å². The van der Waals surface area contributed by atoms with Gasteiger partial charge in [-0.2, -0.15) is 16.6 Å². The Bertz CT molecular complexity index is 1010. The molecule has 0 saturated heterocycles. The monoisotopic (exact) mass is 378 g/mol. The lowest BCUT2D eigenvalue weighted by Crippen LogP contribution is -2.29. The molecule has 2 heterocycles. The number of allylic oxidation sites excluding steroid dienone is 2. The summed E-state index contributed by atoms with van der Waals surface area (Å²) in [5.74, 6) is 1.19. The third kappa shape index (κ3) is 3.00. The Kier molecular flexibility index (Phi) is 4.46. The highest BCUT2D eigenvalue weighted by Gasteiger charge is 2.37. The van der Waals surface area contributed by atoms with Crippen molar-refractivity contribution in [2.75, 3.05) is 7.11 Å². The Morgan fingerprint density at radius 3 is 2.89 bits per heavy atom. The van der Waals surface area contributed by atoms with Gasteiger partial charge in [0.15, 0.2) is 0 Å². The Morgan fingerprint density at radius 1 is 1.37 bits per heavy atom. The van der Waals surface area contributed by atoms with Crippen LogP contribution in [-0.2, 0) is 16.0 Å². The molecule has 0 radical (unpaired) electrons. The molecule has 1 N–H and O–H groups in total. The molecule has 5 nitrogen and oxygen atoms in total. The van der Waals surface area contributed by atoms with E-state index in [2.05, 4.69) is 11.4 Å². The van der Waals surface area contributed by atoms with Crippen molar-refractivity contribution in [3.63, 3.8) is 0 Å². The molecule has 1 atom stereocenters. The molecule has 1 aromatic heterocycles. The van der Waals surface area contributed by atoms with E-state index < -0.39 is 0 Å². The predicted octanol–water partition coefficient (Wildman–Crippen LogP) is 4.10. The van der Waals surface area contributed by atoms with Crippen molar-refractivity contribution in [3.05, 3.63) is 68.7 Å². The van der Waals surface area contributed by atoms with Crippen LogP contribution in [0, 0.1) is 11.3 Å². The molecule has 6 heteroatoms. The smallest absolute Gasteiger partial charge is 0.223 e. The molecule has 4 rings (SSSR count). The number of nitriles is 1. The minimum Gasteiger partial charge on any atom is -0.497 e. The van der Waals surface area contributed by atoms with Gasteiger partial charge in [0.25, 0.3) is 0 Å². The maximum atomic E-state index is 11.7. The minimum absolute atomic E-state index is 0.216. The lowest BCUT2D eigenvalue weighted by molar-refractivity contribution is -0.118. The van der Waals surface area contributed by atoms with Crippen LogP contribution >= 0.6 is 11.3 Å². The topological polar surface area (TPSA) is 71.3 Å². The zero-order chi connectivity index (χ0) is 19.0. The van der Waals surface area contributed by atoms with Crippen LogP contribution in [0.1, 0.15) is 36.0 Å². The molecule has 1 aliphatic carbocycles. The first-order chi connectivity index (χ1) is 13.1. The fraction of sp³-hybridized carbons (Fsp3) is 0.238. The van der Waals surface area contributed by atoms with Crippen LogP contribution in [0.4, 0.5) is 0 Å². The molecule has 1 aromatic carbocycles. The summed E-state index contributed by atoms with van der Waals surface area (Å²) in [6, 6.07) is 10.2. The minimum atomic E-state index is -0.271. The highest BCUT2D eigenvalue weighted by Crippen LogP contribution is 2.48. The molecule has 0 spiro atoms. The van der Waals surface area contributed by atoms with E-state index in [0.29, 0.717) is 11.3 Å². The number of hydrogen-bond donors (Lipinski definition) is 1. The molecule has 0 saturated carbocycles. The Labute approximate surface area is 161 Å². The van der Waals surface area contributed by atoms with Gasteiger partial charge >= 0.3 is 0 Å². The number of thiophene rings is 1. The average Bonchev–Trinajstić information content (AvgIpc) is 3.20. The summed E-state index contributed by atoms with van der Waals surface area (Å²) in [7, 11) is 1.63. The van der Waals surface area contributed by atoms with Crippen LogP contribution in [0.2, 0.25) is 0 Å². The van der Waals surface area contributed by atoms with Gasteiger partial charge in [-0.3, -0.25) is 10.1 Å². The number of benzene rings is 1. The predicted molar refractivity (Wildman–Crippen MR) is 103 cm³/mol. The van der Waals surface area contributed by atoms with E-state index in [-0.39, 0.29) is 17.7 Å². The molecule has 2 aromatic rings. The van der Waals surface area contributed by atoms with E-state index in [4.69, 9.17) is 9.47 Å². The summed E-state index contributed by atoms with van der Waals surface area (Å²) in [6.45, 7) is 1.41. The summed E-state index contributed by atoms with van der Waals surface area (Å²) in [5, 5.41) is 16.6. The second-order valence-electron chi connectivity index (χ2n) is 6.50. The summed E-state index contributed by atoms with van der Waals surface area (Å²) in [4.78, 5) is 11.7. The number of nitrogens with zero attached hydrogens (tertiary/aromatic N) is 1. The van der Waals surface area contributed by atoms with E-state index in [1.165, 1.54) is 12.5 Å². The number of nitrogens with one attached hydrogen (secondary N) is 1. The summed E-state index contributed by atoms with van der Waals surface area (Å²) in [5.41, 5.74) is 4.67. The van der Waals surface area contributed by atoms with Crippen molar-refractivity contribution >= 4 is 23.0 Å². The standard InChI is InChI=1S/C21H18N2O3S/c1-12(24)23-21-18(10-22)19(14-7-8-27-11-14)16-6-4-13-3-5-15(25-2)9-17(13)20(16)26-21/h3,5,7-9,11,19H,4,6H2,1-2H3,(H,23,24). The number of amides is 1. The Balaban J connectivity index is 1.91. The Hall–Kier alpha value is -3.04. The summed E-state index contributed by atoms with van der Waals surface area (Å²) < 4.78 is 11.5. The second kappa shape index (κ2) is 6.93. The Morgan fingerprint density at radius 2 is 2.22 bits per heavy atom. The number of fused-ring (bicyclic) bond motifs is 2. The first-order valence-electron chi connectivity index (χ1n) is 8.64. The second-order valence-corrected chi connectivity index (χ2v) is 7.29. The van der Waals surface area contributed by atoms with Gasteiger partial charge in [0.2, 0.25) is 11.8 Å². The normalized spacial score (nSPS) is 18.2. The van der Waals surface area contributed by atoms with Crippen molar-refractivity contribution in [3.8, 4) is 11.8 Å². The lowest BCUT2D eigenvalue weighted by atomic mass is 9.77. The highest BCUT2D eigenvalue weighted by atomic mass is 32.1. The largest absolute Gasteiger partial charge is 0.497 e. The van der Waals surface area contributed by atoms with Crippen molar-refractivity contribution < 1.29 is 14.3 Å². The number of carbonyl (C=O) groups is 1. The first kappa shape index (κ1) is 17.4. The maximum absolute atomic E-state index is 11.7. The fourth-order valence-corrected chi connectivity index (χ4v) is 4.39. The van der Waals surface area contributed by atoms with Crippen molar-refractivity contribution in [2.24, 2.45) is 0 Å². The van der Waals surface area contributed by atoms with Crippen molar-refractivity contribution in [2.45, 2.75) is 25.7 Å². The zero-order valence-electron chi connectivity index (χ0n) is 15.0. The molecular weight excluding hydrogens is 360 g/mol. The van der Waals surface area contributed by atoms with Crippen LogP contribution in [-0.4, -0.2) is 13.0 Å². The van der Waals surface area contributed by atoms with Gasteiger partial charge < -0.3 is 9.47 Å². The van der Waals surface area contributed by atoms with Crippen molar-refractivity contribution in [1.82, 2.24) is 5.32 Å². The SMILES string of the molecule is COc1ccc2c(c1)C1=C(CC2)C(c2ccsc2)C(C#N)=C(NC(C)=O)O1. The van der Waals surface area contributed by atoms with E-state index in [0.717, 1.165) is 35.3 Å². The van der Waals surface area contributed by atoms with Gasteiger partial charge in [0.1, 0.15) is 23.2 Å². The van der Waals surface area contributed by atoms with E-state index in [9.17, 15) is 10.1 Å². The van der Waals surface area contributed by atoms with Gasteiger partial charge in [0.05, 0.1) is 13.0 Å². The van der Waals surface area contributed by atoms with Crippen LogP contribution in [0.15, 0.2) is 52.1 Å². The molecule has 1 amide bonds. The van der Waals surface area contributed by atoms with Gasteiger partial charge in [-0.1, -0.05) is 6.07 Å². The number of ether oxygens (including phenoxy) is 2. The number of aryl methyl sites for hydroxylation is 1. The van der Waals surface area contributed by atoms with Crippen LogP contribution in [0.25, 0.3) is 5.76 Å². The molecule has 2 aliphatic rings. The molecule has 136 valence electrons. The van der Waals surface area contributed by atoms with Gasteiger partial charge in [-0.05, 0) is 58.5 Å². The van der Waals surface area contributed by atoms with Crippen molar-refractivity contribution in [1.29, 1.82) is 5.26 Å². The maximum Gasteiger partial charge on any atom is 0.223 e. The fourth-order valence-electron chi connectivity index (χ4n) is 3.70. The number of hydrogen-bond acceptors (Lipinski definition) is 5. The zero-order valence-corrected chi connectivity index (χ0v) is 15.9.